The number of fused-ring (bicyclic) bond motifs is 3. The number of aromatic amines is 1. The molecule has 268 valence electrons. The molecule has 0 aliphatic carbocycles. The molecule has 12 heteroatoms. The van der Waals surface area contributed by atoms with Crippen LogP contribution in [0, 0.1) is 12.7 Å². The van der Waals surface area contributed by atoms with Crippen LogP contribution in [0.25, 0.3) is 38.4 Å². The summed E-state index contributed by atoms with van der Waals surface area (Å²) >= 11 is 0. The van der Waals surface area contributed by atoms with Gasteiger partial charge in [-0.2, -0.15) is 5.10 Å². The number of ether oxygens (including phenoxy) is 2. The number of carbonyl (C=O) groups excluding carboxylic acids is 1. The van der Waals surface area contributed by atoms with Gasteiger partial charge in [0.25, 0.3) is 5.91 Å². The van der Waals surface area contributed by atoms with Crippen molar-refractivity contribution in [2.75, 3.05) is 31.6 Å². The van der Waals surface area contributed by atoms with Crippen LogP contribution in [0.5, 0.6) is 5.88 Å². The minimum atomic E-state index is -0.397. The molecule has 0 radical (unpaired) electrons. The average Bonchev–Trinajstić information content (AvgIpc) is 3.68. The number of aryl methyl sites for hydroxylation is 2. The fraction of sp³-hybridized carbons (Fsp3) is 0.244. The van der Waals surface area contributed by atoms with Gasteiger partial charge in [-0.1, -0.05) is 30.3 Å². The van der Waals surface area contributed by atoms with Crippen molar-refractivity contribution in [3.8, 4) is 5.88 Å². The molecule has 1 saturated heterocycles. The Morgan fingerprint density at radius 2 is 1.83 bits per heavy atom. The number of nitrogens with zero attached hydrogens (tertiary/aromatic N) is 6. The molecule has 6 heterocycles. The van der Waals surface area contributed by atoms with E-state index >= 15 is 0 Å². The first-order valence-corrected chi connectivity index (χ1v) is 17.7. The second-order valence-corrected chi connectivity index (χ2v) is 13.3. The van der Waals surface area contributed by atoms with E-state index in [0.717, 1.165) is 88.3 Å². The highest BCUT2D eigenvalue weighted by molar-refractivity contribution is 6.06. The highest BCUT2D eigenvalue weighted by Crippen LogP contribution is 2.27. The van der Waals surface area contributed by atoms with E-state index in [4.69, 9.17) is 19.4 Å². The zero-order valence-electron chi connectivity index (χ0n) is 29.6. The van der Waals surface area contributed by atoms with Crippen molar-refractivity contribution in [3.05, 3.63) is 125 Å². The van der Waals surface area contributed by atoms with E-state index in [0.29, 0.717) is 29.2 Å². The molecule has 2 aliphatic heterocycles. The van der Waals surface area contributed by atoms with E-state index < -0.39 is 5.82 Å². The smallest absolute Gasteiger partial charge is 0.255 e. The number of amides is 1. The second-order valence-electron chi connectivity index (χ2n) is 13.3. The SMILES string of the molecule is C1COC1.Cc1[nH]nc2ccc(NC(=O)c3ccc4c(c3)nc(CN3CC=C(c5cccc(OCc6c(F)cnc7ccccc67)n5)CC3)n4C)cc12. The molecule has 3 aromatic carbocycles. The van der Waals surface area contributed by atoms with Crippen molar-refractivity contribution in [1.29, 1.82) is 0 Å². The van der Waals surface area contributed by atoms with Gasteiger partial charge in [-0.05, 0) is 73.9 Å². The maximum Gasteiger partial charge on any atom is 0.255 e. The molecular formula is C41H39FN8O3. The highest BCUT2D eigenvalue weighted by atomic mass is 19.1. The molecule has 9 rings (SSSR count). The van der Waals surface area contributed by atoms with Crippen LogP contribution >= 0.6 is 0 Å². The summed E-state index contributed by atoms with van der Waals surface area (Å²) in [6.45, 7) is 6.27. The molecule has 7 aromatic rings. The third kappa shape index (κ3) is 7.37. The van der Waals surface area contributed by atoms with Crippen molar-refractivity contribution in [1.82, 2.24) is 34.6 Å². The number of benzene rings is 3. The van der Waals surface area contributed by atoms with Crippen molar-refractivity contribution in [3.63, 3.8) is 0 Å². The summed E-state index contributed by atoms with van der Waals surface area (Å²) in [6, 6.07) is 24.4. The molecule has 1 fully saturated rings. The number of pyridine rings is 2. The first-order valence-electron chi connectivity index (χ1n) is 17.7. The van der Waals surface area contributed by atoms with Gasteiger partial charge in [0.05, 0.1) is 40.5 Å². The summed E-state index contributed by atoms with van der Waals surface area (Å²) in [5.41, 5.74) is 8.00. The third-order valence-electron chi connectivity index (χ3n) is 9.73. The monoisotopic (exact) mass is 710 g/mol. The number of carbonyl (C=O) groups is 1. The molecule has 11 nitrogen and oxygen atoms in total. The summed E-state index contributed by atoms with van der Waals surface area (Å²) in [7, 11) is 2.01. The summed E-state index contributed by atoms with van der Waals surface area (Å²) in [5, 5.41) is 11.9. The van der Waals surface area contributed by atoms with Crippen LogP contribution in [0.1, 0.15) is 46.0 Å². The van der Waals surface area contributed by atoms with Gasteiger partial charge >= 0.3 is 0 Å². The summed E-state index contributed by atoms with van der Waals surface area (Å²) < 4.78 is 27.4. The van der Waals surface area contributed by atoms with Crippen molar-refractivity contribution >= 4 is 50.0 Å². The van der Waals surface area contributed by atoms with Crippen molar-refractivity contribution in [2.24, 2.45) is 7.05 Å². The van der Waals surface area contributed by atoms with Gasteiger partial charge in [0.2, 0.25) is 5.88 Å². The Kier molecular flexibility index (Phi) is 9.62. The molecule has 2 aliphatic rings. The summed E-state index contributed by atoms with van der Waals surface area (Å²) in [6.07, 6.45) is 5.52. The maximum atomic E-state index is 14.6. The topological polar surface area (TPSA) is 123 Å². The van der Waals surface area contributed by atoms with E-state index in [2.05, 4.69) is 36.0 Å². The summed E-state index contributed by atoms with van der Waals surface area (Å²) in [4.78, 5) is 29.3. The van der Waals surface area contributed by atoms with Gasteiger partial charge in [0.1, 0.15) is 18.2 Å². The maximum absolute atomic E-state index is 14.6. The first kappa shape index (κ1) is 34.1. The number of aromatic nitrogens is 6. The Hall–Kier alpha value is -5.98. The Morgan fingerprint density at radius 3 is 2.64 bits per heavy atom. The van der Waals surface area contributed by atoms with Gasteiger partial charge in [-0.3, -0.25) is 19.8 Å². The zero-order chi connectivity index (χ0) is 36.3. The molecule has 0 spiro atoms. The summed E-state index contributed by atoms with van der Waals surface area (Å²) in [5.74, 6) is 0.786. The lowest BCUT2D eigenvalue weighted by atomic mass is 10.0. The predicted octanol–water partition coefficient (Wildman–Crippen LogP) is 7.37. The fourth-order valence-corrected chi connectivity index (χ4v) is 6.52. The van der Waals surface area contributed by atoms with Gasteiger partial charge < -0.3 is 19.4 Å². The largest absolute Gasteiger partial charge is 0.473 e. The lowest BCUT2D eigenvalue weighted by Gasteiger charge is -2.25. The van der Waals surface area contributed by atoms with Crippen molar-refractivity contribution in [2.45, 2.75) is 32.9 Å². The minimum Gasteiger partial charge on any atom is -0.473 e. The molecular weight excluding hydrogens is 672 g/mol. The number of rotatable bonds is 8. The number of anilines is 1. The van der Waals surface area contributed by atoms with Crippen LogP contribution in [0.2, 0.25) is 0 Å². The van der Waals surface area contributed by atoms with Gasteiger partial charge in [-0.15, -0.1) is 0 Å². The first-order chi connectivity index (χ1) is 25.9. The number of imidazole rings is 1. The number of H-pyrrole nitrogens is 1. The second kappa shape index (κ2) is 14.9. The van der Waals surface area contributed by atoms with Crippen LogP contribution in [0.15, 0.2) is 91.1 Å². The van der Waals surface area contributed by atoms with E-state index in [9.17, 15) is 9.18 Å². The average molecular weight is 711 g/mol. The number of nitrogens with one attached hydrogen (secondary N) is 2. The Morgan fingerprint density at radius 1 is 0.981 bits per heavy atom. The minimum absolute atomic E-state index is 0.0599. The van der Waals surface area contributed by atoms with Crippen LogP contribution in [-0.4, -0.2) is 66.8 Å². The van der Waals surface area contributed by atoms with E-state index in [1.54, 1.807) is 6.07 Å². The highest BCUT2D eigenvalue weighted by Gasteiger charge is 2.19. The molecule has 4 aromatic heterocycles. The zero-order valence-corrected chi connectivity index (χ0v) is 29.6. The number of para-hydroxylation sites is 1. The molecule has 0 bridgehead atoms. The van der Waals surface area contributed by atoms with Crippen molar-refractivity contribution < 1.29 is 18.7 Å². The molecule has 0 atom stereocenters. The van der Waals surface area contributed by atoms with Crippen LogP contribution in [0.3, 0.4) is 0 Å². The fourth-order valence-electron chi connectivity index (χ4n) is 6.52. The van der Waals surface area contributed by atoms with E-state index in [1.807, 2.05) is 86.8 Å². The number of hydrogen-bond acceptors (Lipinski definition) is 8. The Labute approximate surface area is 305 Å². The number of halogens is 1. The van der Waals surface area contributed by atoms with Gasteiger partial charge in [0, 0.05) is 72.7 Å². The molecule has 1 amide bonds. The lowest BCUT2D eigenvalue weighted by Crippen LogP contribution is -2.29. The predicted molar refractivity (Wildman–Crippen MR) is 203 cm³/mol. The Bertz CT molecular complexity index is 2480. The lowest BCUT2D eigenvalue weighted by molar-refractivity contribution is 0.0367. The molecule has 0 unspecified atom stereocenters. The quantitative estimate of drug-likeness (QED) is 0.168. The molecule has 53 heavy (non-hydrogen) atoms. The van der Waals surface area contributed by atoms with Crippen LogP contribution in [-0.2, 0) is 24.9 Å². The van der Waals surface area contributed by atoms with E-state index in [1.165, 1.54) is 12.6 Å². The molecule has 2 N–H and O–H groups in total. The van der Waals surface area contributed by atoms with Gasteiger partial charge in [-0.25, -0.2) is 14.4 Å². The van der Waals surface area contributed by atoms with Crippen LogP contribution < -0.4 is 10.1 Å². The normalized spacial score (nSPS) is 14.4. The van der Waals surface area contributed by atoms with Crippen LogP contribution in [0.4, 0.5) is 10.1 Å². The third-order valence-corrected chi connectivity index (χ3v) is 9.73. The van der Waals surface area contributed by atoms with Gasteiger partial charge in [0.15, 0.2) is 0 Å². The number of hydrogen-bond donors (Lipinski definition) is 2. The molecule has 0 saturated carbocycles. The standard InChI is InChI=1S/C38H33FN8O2.C3H6O/c1-23-28-19-26(11-12-33(28)45-44-23)41-38(48)25-10-13-35-34(18-25)42-36(46(35)2)21-47-16-14-24(15-17-47)31-8-5-9-37(43-31)49-22-29-27-6-3-4-7-32(27)40-20-30(29)39;1-2-4-3-1/h3-14,18-20H,15-17,21-22H2,1-2H3,(H,41,48)(H,44,45);1-3H2. The van der Waals surface area contributed by atoms with E-state index in [-0.39, 0.29) is 12.5 Å². The Balaban J connectivity index is 0.000000939.